The number of carbonyl (C=O) groups excluding carboxylic acids is 2. The molecule has 2 aromatic carbocycles. The van der Waals surface area contributed by atoms with E-state index in [2.05, 4.69) is 20.8 Å². The molecule has 1 saturated carbocycles. The number of fused-ring (bicyclic) bond motifs is 1. The summed E-state index contributed by atoms with van der Waals surface area (Å²) in [5.74, 6) is -0.518. The largest absolute Gasteiger partial charge is 0.456 e. The number of pyridine rings is 1. The van der Waals surface area contributed by atoms with Crippen molar-refractivity contribution in [3.05, 3.63) is 84.1 Å². The Kier molecular flexibility index (Phi) is 6.61. The average molecular weight is 495 g/mol. The molecule has 2 N–H and O–H groups in total. The lowest BCUT2D eigenvalue weighted by molar-refractivity contribution is 0.00694. The molecule has 0 bridgehead atoms. The predicted molar refractivity (Wildman–Crippen MR) is 147 cm³/mol. The van der Waals surface area contributed by atoms with Gasteiger partial charge in [0.2, 0.25) is 0 Å². The van der Waals surface area contributed by atoms with E-state index < -0.39 is 5.60 Å². The molecule has 2 aliphatic carbocycles. The van der Waals surface area contributed by atoms with Gasteiger partial charge in [0.25, 0.3) is 5.91 Å². The lowest BCUT2D eigenvalue weighted by Gasteiger charge is -2.19. The highest BCUT2D eigenvalue weighted by Crippen LogP contribution is 2.32. The molecule has 7 nitrogen and oxygen atoms in total. The number of hydrogen-bond donors (Lipinski definition) is 2. The maximum Gasteiger partial charge on any atom is 0.338 e. The van der Waals surface area contributed by atoms with Crippen molar-refractivity contribution < 1.29 is 14.3 Å². The second kappa shape index (κ2) is 10.0. The minimum atomic E-state index is -0.555. The molecule has 0 unspecified atom stereocenters. The van der Waals surface area contributed by atoms with E-state index in [0.717, 1.165) is 40.6 Å². The molecule has 0 saturated heterocycles. The molecule has 0 atom stereocenters. The third-order valence-electron chi connectivity index (χ3n) is 6.05. The summed E-state index contributed by atoms with van der Waals surface area (Å²) in [6, 6.07) is 13.4. The van der Waals surface area contributed by atoms with Gasteiger partial charge in [-0.2, -0.15) is 5.10 Å². The van der Waals surface area contributed by atoms with Crippen LogP contribution in [0.2, 0.25) is 0 Å². The molecular weight excluding hydrogens is 464 g/mol. The summed E-state index contributed by atoms with van der Waals surface area (Å²) < 4.78 is 5.47. The number of allylic oxidation sites excluding steroid dienone is 4. The van der Waals surface area contributed by atoms with Gasteiger partial charge in [0.15, 0.2) is 0 Å². The predicted octanol–water partition coefficient (Wildman–Crippen LogP) is 6.03. The Hall–Kier alpha value is -4.26. The van der Waals surface area contributed by atoms with Crippen LogP contribution in [0.4, 0.5) is 5.69 Å². The Labute approximate surface area is 216 Å². The standard InChI is InChI=1S/C30H30N4O3/c1-30(2,3)37-29(36)20-11-9-19(10-12-20)21-13-16-26-24(17-21)27(34-33-23-7-5-4-6-8-23)25(18-31-26)28(35)32-22-14-15-22/h4-7,9-13,16-18,22H,8,14-15H2,1-3H3,(H,31,34)(H,32,35)/b33-23-. The van der Waals surface area contributed by atoms with Gasteiger partial charge in [-0.15, -0.1) is 0 Å². The number of nitrogens with zero attached hydrogens (tertiary/aromatic N) is 2. The summed E-state index contributed by atoms with van der Waals surface area (Å²) in [7, 11) is 0. The molecule has 188 valence electrons. The van der Waals surface area contributed by atoms with Crippen LogP contribution in [0.15, 0.2) is 78.1 Å². The van der Waals surface area contributed by atoms with E-state index in [4.69, 9.17) is 4.74 Å². The minimum Gasteiger partial charge on any atom is -0.456 e. The van der Waals surface area contributed by atoms with Crippen LogP contribution >= 0.6 is 0 Å². The van der Waals surface area contributed by atoms with Crippen molar-refractivity contribution in [3.8, 4) is 11.1 Å². The Balaban J connectivity index is 1.51. The van der Waals surface area contributed by atoms with Gasteiger partial charge in [0.1, 0.15) is 5.60 Å². The van der Waals surface area contributed by atoms with Gasteiger partial charge in [-0.05, 0) is 75.1 Å². The van der Waals surface area contributed by atoms with Crippen molar-refractivity contribution in [1.29, 1.82) is 0 Å². The Morgan fingerprint density at radius 2 is 1.78 bits per heavy atom. The number of nitrogens with one attached hydrogen (secondary N) is 2. The van der Waals surface area contributed by atoms with Crippen molar-refractivity contribution >= 4 is 34.2 Å². The fourth-order valence-electron chi connectivity index (χ4n) is 4.00. The first-order valence-electron chi connectivity index (χ1n) is 12.5. The van der Waals surface area contributed by atoms with Crippen LogP contribution in [-0.4, -0.2) is 34.2 Å². The van der Waals surface area contributed by atoms with Crippen molar-refractivity contribution in [1.82, 2.24) is 10.3 Å². The molecule has 37 heavy (non-hydrogen) atoms. The fraction of sp³-hybridized carbons (Fsp3) is 0.267. The van der Waals surface area contributed by atoms with Crippen LogP contribution in [0.25, 0.3) is 22.0 Å². The number of esters is 1. The first-order chi connectivity index (χ1) is 17.8. The van der Waals surface area contributed by atoms with E-state index in [1.807, 2.05) is 75.4 Å². The van der Waals surface area contributed by atoms with E-state index in [1.165, 1.54) is 0 Å². The number of benzene rings is 2. The zero-order valence-electron chi connectivity index (χ0n) is 21.2. The van der Waals surface area contributed by atoms with E-state index in [1.54, 1.807) is 18.3 Å². The molecule has 3 aromatic rings. The Bertz CT molecular complexity index is 1440. The highest BCUT2D eigenvalue weighted by molar-refractivity contribution is 6.08. The van der Waals surface area contributed by atoms with Crippen LogP contribution in [0, 0.1) is 0 Å². The van der Waals surface area contributed by atoms with Gasteiger partial charge >= 0.3 is 5.97 Å². The summed E-state index contributed by atoms with van der Waals surface area (Å²) in [4.78, 5) is 30.0. The van der Waals surface area contributed by atoms with E-state index in [9.17, 15) is 9.59 Å². The second-order valence-electron chi connectivity index (χ2n) is 10.3. The maximum absolute atomic E-state index is 13.1. The number of carbonyl (C=O) groups is 2. The molecule has 1 heterocycles. The summed E-state index contributed by atoms with van der Waals surface area (Å²) in [6.45, 7) is 5.54. The van der Waals surface area contributed by atoms with Crippen molar-refractivity contribution in [2.75, 3.05) is 5.43 Å². The molecule has 0 radical (unpaired) electrons. The summed E-state index contributed by atoms with van der Waals surface area (Å²) in [5.41, 5.74) is 7.66. The highest BCUT2D eigenvalue weighted by Gasteiger charge is 2.26. The number of anilines is 1. The van der Waals surface area contributed by atoms with Gasteiger partial charge in [-0.1, -0.05) is 36.4 Å². The van der Waals surface area contributed by atoms with Gasteiger partial charge in [-0.25, -0.2) is 4.79 Å². The Morgan fingerprint density at radius 1 is 1.03 bits per heavy atom. The number of amides is 1. The smallest absolute Gasteiger partial charge is 0.338 e. The topological polar surface area (TPSA) is 92.7 Å². The molecule has 0 aliphatic heterocycles. The van der Waals surface area contributed by atoms with E-state index in [-0.39, 0.29) is 17.9 Å². The molecule has 1 fully saturated rings. The zero-order chi connectivity index (χ0) is 26.0. The molecule has 1 amide bonds. The quantitative estimate of drug-likeness (QED) is 0.322. The van der Waals surface area contributed by atoms with Crippen LogP contribution in [0.3, 0.4) is 0 Å². The van der Waals surface area contributed by atoms with E-state index >= 15 is 0 Å². The lowest BCUT2D eigenvalue weighted by atomic mass is 10.00. The molecule has 5 rings (SSSR count). The first-order valence-corrected chi connectivity index (χ1v) is 12.5. The molecule has 2 aliphatic rings. The monoisotopic (exact) mass is 494 g/mol. The van der Waals surface area contributed by atoms with Gasteiger partial charge in [0, 0.05) is 24.0 Å². The maximum atomic E-state index is 13.1. The molecule has 1 aromatic heterocycles. The average Bonchev–Trinajstić information content (AvgIpc) is 3.70. The van der Waals surface area contributed by atoms with Gasteiger partial charge in [-0.3, -0.25) is 15.2 Å². The Morgan fingerprint density at radius 3 is 2.46 bits per heavy atom. The van der Waals surface area contributed by atoms with Crippen molar-refractivity contribution in [2.24, 2.45) is 5.10 Å². The zero-order valence-corrected chi connectivity index (χ0v) is 21.2. The number of rotatable bonds is 6. The van der Waals surface area contributed by atoms with E-state index in [0.29, 0.717) is 23.2 Å². The molecule has 7 heteroatoms. The number of hydrogen-bond acceptors (Lipinski definition) is 6. The van der Waals surface area contributed by atoms with Crippen molar-refractivity contribution in [3.63, 3.8) is 0 Å². The number of ether oxygens (including phenoxy) is 1. The van der Waals surface area contributed by atoms with Gasteiger partial charge < -0.3 is 10.1 Å². The summed E-state index contributed by atoms with van der Waals surface area (Å²) in [5, 5.41) is 8.42. The SMILES string of the molecule is CC(C)(C)OC(=O)c1ccc(-c2ccc3ncc(C(=O)NC4CC4)c(N/N=C4/C=CC=CC4)c3c2)cc1. The first kappa shape index (κ1) is 24.4. The van der Waals surface area contributed by atoms with Crippen LogP contribution < -0.4 is 10.7 Å². The van der Waals surface area contributed by atoms with Crippen LogP contribution in [-0.2, 0) is 4.74 Å². The summed E-state index contributed by atoms with van der Waals surface area (Å²) in [6.07, 6.45) is 12.2. The molecular formula is C30H30N4O3. The normalized spacial score (nSPS) is 16.1. The second-order valence-corrected chi connectivity index (χ2v) is 10.3. The lowest BCUT2D eigenvalue weighted by Crippen LogP contribution is -2.26. The van der Waals surface area contributed by atoms with Crippen molar-refractivity contribution in [2.45, 2.75) is 51.7 Å². The number of aromatic nitrogens is 1. The minimum absolute atomic E-state index is 0.161. The third kappa shape index (κ3) is 5.94. The van der Waals surface area contributed by atoms with Gasteiger partial charge in [0.05, 0.1) is 28.0 Å². The highest BCUT2D eigenvalue weighted by atomic mass is 16.6. The van der Waals surface area contributed by atoms with Crippen LogP contribution in [0.1, 0.15) is 60.7 Å². The fourth-order valence-corrected chi connectivity index (χ4v) is 4.00. The third-order valence-corrected chi connectivity index (χ3v) is 6.05. The van der Waals surface area contributed by atoms with Crippen LogP contribution in [0.5, 0.6) is 0 Å². The summed E-state index contributed by atoms with van der Waals surface area (Å²) >= 11 is 0. The molecule has 0 spiro atoms. The number of hydrazone groups is 1.